The normalized spacial score (nSPS) is 14.1. The molecule has 0 rings (SSSR count). The molecule has 0 fully saturated rings. The van der Waals surface area contributed by atoms with E-state index < -0.39 is 32.3 Å². The van der Waals surface area contributed by atoms with Gasteiger partial charge in [0.1, 0.15) is 6.04 Å². The second-order valence-corrected chi connectivity index (χ2v) is 4.26. The zero-order valence-electron chi connectivity index (χ0n) is 6.88. The molecular weight excluding hydrogens is 199 g/mol. The van der Waals surface area contributed by atoms with Gasteiger partial charge in [-0.15, -0.1) is 0 Å². The molecule has 0 radical (unpaired) electrons. The number of aliphatic hydroxyl groups excluding tert-OH is 1. The highest BCUT2D eigenvalue weighted by Gasteiger charge is 2.16. The molecule has 1 amide bonds. The van der Waals surface area contributed by atoms with E-state index >= 15 is 0 Å². The van der Waals surface area contributed by atoms with E-state index in [1.165, 1.54) is 0 Å². The van der Waals surface area contributed by atoms with E-state index in [1.807, 2.05) is 0 Å². The van der Waals surface area contributed by atoms with Gasteiger partial charge in [-0.25, -0.2) is 0 Å². The summed E-state index contributed by atoms with van der Waals surface area (Å²) in [4.78, 5) is 27.4. The molecule has 0 saturated carbocycles. The molecule has 7 nitrogen and oxygen atoms in total. The van der Waals surface area contributed by atoms with Gasteiger partial charge >= 0.3 is 7.60 Å². The quantitative estimate of drug-likeness (QED) is 0.312. The van der Waals surface area contributed by atoms with Crippen molar-refractivity contribution >= 4 is 13.5 Å². The molecule has 0 saturated heterocycles. The van der Waals surface area contributed by atoms with Crippen LogP contribution in [0.15, 0.2) is 0 Å². The summed E-state index contributed by atoms with van der Waals surface area (Å²) in [5, 5.41) is 11.0. The third kappa shape index (κ3) is 6.68. The van der Waals surface area contributed by atoms with Crippen LogP contribution in [-0.2, 0) is 9.36 Å². The van der Waals surface area contributed by atoms with Crippen LogP contribution in [0.4, 0.5) is 0 Å². The number of hydrogen-bond acceptors (Lipinski definition) is 4. The van der Waals surface area contributed by atoms with Crippen LogP contribution in [0.3, 0.4) is 0 Å². The molecule has 0 aromatic carbocycles. The molecule has 0 aliphatic heterocycles. The van der Waals surface area contributed by atoms with Crippen molar-refractivity contribution in [3.05, 3.63) is 0 Å². The summed E-state index contributed by atoms with van der Waals surface area (Å²) in [5.41, 5.74) is 4.84. The van der Waals surface area contributed by atoms with E-state index in [-0.39, 0.29) is 6.54 Å². The largest absolute Gasteiger partial charge is 0.394 e. The predicted molar refractivity (Wildman–Crippen MR) is 45.0 cm³/mol. The standard InChI is InChI=1S/C5H13N2O5P/c6-5(9)4(3-8)7-1-2-13(10,11)12/h4,7-8H,1-3H2,(H2,6,9)(H2,10,11,12). The lowest BCUT2D eigenvalue weighted by atomic mass is 10.3. The number of carbonyl (C=O) groups excluding carboxylic acids is 1. The van der Waals surface area contributed by atoms with Gasteiger partial charge in [0.2, 0.25) is 5.91 Å². The van der Waals surface area contributed by atoms with Gasteiger partial charge in [0.15, 0.2) is 0 Å². The molecule has 0 spiro atoms. The highest BCUT2D eigenvalue weighted by atomic mass is 31.2. The summed E-state index contributed by atoms with van der Waals surface area (Å²) in [6, 6.07) is -0.952. The van der Waals surface area contributed by atoms with Crippen molar-refractivity contribution in [3.8, 4) is 0 Å². The van der Waals surface area contributed by atoms with Gasteiger partial charge in [-0.1, -0.05) is 0 Å². The maximum atomic E-state index is 10.5. The third-order valence-electron chi connectivity index (χ3n) is 1.32. The van der Waals surface area contributed by atoms with Crippen molar-refractivity contribution in [2.24, 2.45) is 5.73 Å². The summed E-state index contributed by atoms with van der Waals surface area (Å²) in [7, 11) is -4.06. The van der Waals surface area contributed by atoms with Crippen LogP contribution in [0.1, 0.15) is 0 Å². The zero-order chi connectivity index (χ0) is 10.5. The number of primary amides is 1. The van der Waals surface area contributed by atoms with E-state index in [4.69, 9.17) is 20.6 Å². The first-order chi connectivity index (χ1) is 5.87. The van der Waals surface area contributed by atoms with Gasteiger partial charge in [0.25, 0.3) is 0 Å². The highest BCUT2D eigenvalue weighted by molar-refractivity contribution is 7.51. The average Bonchev–Trinajstić information content (AvgIpc) is 1.95. The second-order valence-electron chi connectivity index (χ2n) is 2.48. The van der Waals surface area contributed by atoms with Crippen molar-refractivity contribution < 1.29 is 24.3 Å². The van der Waals surface area contributed by atoms with Crippen LogP contribution in [0, 0.1) is 0 Å². The average molecular weight is 212 g/mol. The molecule has 0 bridgehead atoms. The fourth-order valence-corrected chi connectivity index (χ4v) is 1.06. The van der Waals surface area contributed by atoms with Gasteiger partial charge < -0.3 is 25.9 Å². The molecular formula is C5H13N2O5P. The van der Waals surface area contributed by atoms with Crippen LogP contribution >= 0.6 is 7.60 Å². The Morgan fingerprint density at radius 2 is 2.08 bits per heavy atom. The Bertz CT molecular complexity index is 215. The SMILES string of the molecule is NC(=O)C(CO)NCCP(=O)(O)O. The summed E-state index contributed by atoms with van der Waals surface area (Å²) in [6.07, 6.45) is -0.392. The Kier molecular flexibility index (Phi) is 5.12. The topological polar surface area (TPSA) is 133 Å². The lowest BCUT2D eigenvalue weighted by Gasteiger charge is -2.12. The fourth-order valence-electron chi connectivity index (χ4n) is 0.640. The van der Waals surface area contributed by atoms with E-state index in [0.29, 0.717) is 0 Å². The Hall–Kier alpha value is -0.460. The molecule has 1 unspecified atom stereocenters. The van der Waals surface area contributed by atoms with Crippen LogP contribution in [0.25, 0.3) is 0 Å². The molecule has 1 atom stereocenters. The van der Waals surface area contributed by atoms with E-state index in [9.17, 15) is 9.36 Å². The van der Waals surface area contributed by atoms with Crippen LogP contribution in [-0.4, -0.2) is 46.2 Å². The minimum absolute atomic E-state index is 0.0710. The summed E-state index contributed by atoms with van der Waals surface area (Å²) < 4.78 is 10.3. The van der Waals surface area contributed by atoms with E-state index in [2.05, 4.69) is 5.32 Å². The maximum absolute atomic E-state index is 10.5. The van der Waals surface area contributed by atoms with Gasteiger partial charge in [-0.3, -0.25) is 9.36 Å². The summed E-state index contributed by atoms with van der Waals surface area (Å²) in [6.45, 7) is -0.561. The van der Waals surface area contributed by atoms with Crippen molar-refractivity contribution in [1.82, 2.24) is 5.32 Å². The predicted octanol–water partition coefficient (Wildman–Crippen LogP) is -2.40. The lowest BCUT2D eigenvalue weighted by molar-refractivity contribution is -0.120. The molecule has 0 heterocycles. The molecule has 0 aliphatic carbocycles. The maximum Gasteiger partial charge on any atom is 0.326 e. The second kappa shape index (κ2) is 5.31. The number of rotatable bonds is 6. The molecule has 13 heavy (non-hydrogen) atoms. The van der Waals surface area contributed by atoms with Crippen LogP contribution in [0.2, 0.25) is 0 Å². The van der Waals surface area contributed by atoms with Crippen molar-refractivity contribution in [2.75, 3.05) is 19.3 Å². The van der Waals surface area contributed by atoms with Gasteiger partial charge in [-0.2, -0.15) is 0 Å². The molecule has 0 aliphatic rings. The molecule has 8 heteroatoms. The van der Waals surface area contributed by atoms with Crippen LogP contribution in [0.5, 0.6) is 0 Å². The summed E-state index contributed by atoms with van der Waals surface area (Å²) in [5.74, 6) is -0.756. The number of nitrogens with one attached hydrogen (secondary N) is 1. The number of nitrogens with two attached hydrogens (primary N) is 1. The molecule has 0 aromatic heterocycles. The lowest BCUT2D eigenvalue weighted by Crippen LogP contribution is -2.44. The monoisotopic (exact) mass is 212 g/mol. The molecule has 0 aromatic rings. The first-order valence-corrected chi connectivity index (χ1v) is 5.34. The van der Waals surface area contributed by atoms with Crippen molar-refractivity contribution in [3.63, 3.8) is 0 Å². The van der Waals surface area contributed by atoms with Gasteiger partial charge in [0, 0.05) is 6.54 Å². The number of hydrogen-bond donors (Lipinski definition) is 5. The van der Waals surface area contributed by atoms with Crippen molar-refractivity contribution in [1.29, 1.82) is 0 Å². The molecule has 6 N–H and O–H groups in total. The van der Waals surface area contributed by atoms with E-state index in [1.54, 1.807) is 0 Å². The smallest absolute Gasteiger partial charge is 0.326 e. The van der Waals surface area contributed by atoms with Crippen LogP contribution < -0.4 is 11.1 Å². The first-order valence-electron chi connectivity index (χ1n) is 3.55. The van der Waals surface area contributed by atoms with E-state index in [0.717, 1.165) is 0 Å². The fraction of sp³-hybridized carbons (Fsp3) is 0.800. The third-order valence-corrected chi connectivity index (χ3v) is 2.13. The van der Waals surface area contributed by atoms with Crippen molar-refractivity contribution in [2.45, 2.75) is 6.04 Å². The summed E-state index contributed by atoms with van der Waals surface area (Å²) >= 11 is 0. The van der Waals surface area contributed by atoms with Gasteiger partial charge in [-0.05, 0) is 0 Å². The Labute approximate surface area is 75.1 Å². The minimum atomic E-state index is -4.06. The Balaban J connectivity index is 3.74. The molecule has 78 valence electrons. The minimum Gasteiger partial charge on any atom is -0.394 e. The number of carbonyl (C=O) groups is 1. The Morgan fingerprint density at radius 3 is 2.38 bits per heavy atom. The highest BCUT2D eigenvalue weighted by Crippen LogP contribution is 2.32. The van der Waals surface area contributed by atoms with Gasteiger partial charge in [0.05, 0.1) is 12.8 Å². The number of aliphatic hydroxyl groups is 1. The first kappa shape index (κ1) is 12.5. The number of amides is 1. The Morgan fingerprint density at radius 1 is 1.54 bits per heavy atom. The zero-order valence-corrected chi connectivity index (χ0v) is 7.78.